The zero-order valence-corrected chi connectivity index (χ0v) is 15.5. The number of nitrogens with one attached hydrogen (secondary N) is 1. The summed E-state index contributed by atoms with van der Waals surface area (Å²) < 4.78 is 5.22. The number of rotatable bonds is 7. The molecule has 2 aromatic carbocycles. The zero-order valence-electron chi connectivity index (χ0n) is 15.5. The number of aryl methyl sites for hydroxylation is 1. The number of nitrogens with zero attached hydrogens (tertiary/aromatic N) is 1. The van der Waals surface area contributed by atoms with Crippen molar-refractivity contribution < 1.29 is 14.3 Å². The first-order valence-electron chi connectivity index (χ1n) is 9.18. The number of benzene rings is 2. The van der Waals surface area contributed by atoms with Crippen molar-refractivity contribution in [3.63, 3.8) is 0 Å². The Morgan fingerprint density at radius 3 is 2.63 bits per heavy atom. The van der Waals surface area contributed by atoms with E-state index in [4.69, 9.17) is 10.5 Å². The van der Waals surface area contributed by atoms with Crippen LogP contribution in [0.15, 0.2) is 42.5 Å². The molecule has 3 N–H and O–H groups in total. The third kappa shape index (κ3) is 4.78. The smallest absolute Gasteiger partial charge is 0.248 e. The highest BCUT2D eigenvalue weighted by Gasteiger charge is 2.18. The van der Waals surface area contributed by atoms with E-state index in [0.29, 0.717) is 24.1 Å². The molecule has 0 unspecified atom stereocenters. The van der Waals surface area contributed by atoms with E-state index in [9.17, 15) is 9.59 Å². The fourth-order valence-electron chi connectivity index (χ4n) is 3.32. The van der Waals surface area contributed by atoms with Crippen molar-refractivity contribution in [1.82, 2.24) is 0 Å². The van der Waals surface area contributed by atoms with Gasteiger partial charge < -0.3 is 20.7 Å². The van der Waals surface area contributed by atoms with Crippen molar-refractivity contribution in [3.05, 3.63) is 53.6 Å². The van der Waals surface area contributed by atoms with Crippen molar-refractivity contribution in [2.75, 3.05) is 30.4 Å². The normalized spacial score (nSPS) is 13.4. The SMILES string of the molecule is COc1cccc(CCC(=O)Nc2cc(C(N)=O)ccc2N2CCCC2)c1. The van der Waals surface area contributed by atoms with Gasteiger partial charge in [0.2, 0.25) is 11.8 Å². The summed E-state index contributed by atoms with van der Waals surface area (Å²) in [6.07, 6.45) is 3.20. The fourth-order valence-corrected chi connectivity index (χ4v) is 3.32. The summed E-state index contributed by atoms with van der Waals surface area (Å²) in [7, 11) is 1.62. The second-order valence-corrected chi connectivity index (χ2v) is 6.69. The van der Waals surface area contributed by atoms with Gasteiger partial charge in [0, 0.05) is 25.1 Å². The second kappa shape index (κ2) is 8.58. The average molecular weight is 367 g/mol. The number of carbonyl (C=O) groups is 2. The molecule has 0 atom stereocenters. The Morgan fingerprint density at radius 2 is 1.93 bits per heavy atom. The Labute approximate surface area is 159 Å². The van der Waals surface area contributed by atoms with Gasteiger partial charge in [-0.15, -0.1) is 0 Å². The summed E-state index contributed by atoms with van der Waals surface area (Å²) in [5, 5.41) is 2.96. The van der Waals surface area contributed by atoms with Gasteiger partial charge in [-0.25, -0.2) is 0 Å². The molecule has 1 saturated heterocycles. The van der Waals surface area contributed by atoms with Gasteiger partial charge in [-0.1, -0.05) is 12.1 Å². The van der Waals surface area contributed by atoms with Gasteiger partial charge >= 0.3 is 0 Å². The molecule has 1 fully saturated rings. The van der Waals surface area contributed by atoms with Crippen LogP contribution >= 0.6 is 0 Å². The first-order valence-corrected chi connectivity index (χ1v) is 9.18. The van der Waals surface area contributed by atoms with Crippen LogP contribution in [0, 0.1) is 0 Å². The van der Waals surface area contributed by atoms with Gasteiger partial charge in [-0.2, -0.15) is 0 Å². The lowest BCUT2D eigenvalue weighted by Crippen LogP contribution is -2.22. The first kappa shape index (κ1) is 18.8. The maximum absolute atomic E-state index is 12.5. The molecule has 0 saturated carbocycles. The highest BCUT2D eigenvalue weighted by molar-refractivity contribution is 5.99. The monoisotopic (exact) mass is 367 g/mol. The molecule has 6 nitrogen and oxygen atoms in total. The summed E-state index contributed by atoms with van der Waals surface area (Å²) in [6, 6.07) is 12.9. The van der Waals surface area contributed by atoms with Crippen molar-refractivity contribution >= 4 is 23.2 Å². The number of hydrogen-bond donors (Lipinski definition) is 2. The number of ether oxygens (including phenoxy) is 1. The van der Waals surface area contributed by atoms with Crippen LogP contribution in [0.5, 0.6) is 5.75 Å². The van der Waals surface area contributed by atoms with Crippen LogP contribution in [0.2, 0.25) is 0 Å². The number of primary amides is 1. The Morgan fingerprint density at radius 1 is 1.15 bits per heavy atom. The van der Waals surface area contributed by atoms with Crippen LogP contribution in [0.1, 0.15) is 35.2 Å². The molecular weight excluding hydrogens is 342 g/mol. The molecule has 0 aliphatic carbocycles. The standard InChI is InChI=1S/C21H25N3O3/c1-27-17-6-4-5-15(13-17)7-10-20(25)23-18-14-16(21(22)26)8-9-19(18)24-11-2-3-12-24/h4-6,8-9,13-14H,2-3,7,10-12H2,1H3,(H2,22,26)(H,23,25). The predicted octanol–water partition coefficient (Wildman–Crippen LogP) is 2.97. The number of hydrogen-bond acceptors (Lipinski definition) is 4. The molecular formula is C21H25N3O3. The maximum Gasteiger partial charge on any atom is 0.248 e. The van der Waals surface area contributed by atoms with E-state index < -0.39 is 5.91 Å². The van der Waals surface area contributed by atoms with Crippen LogP contribution in [0.25, 0.3) is 0 Å². The third-order valence-corrected chi connectivity index (χ3v) is 4.78. The quantitative estimate of drug-likeness (QED) is 0.788. The van der Waals surface area contributed by atoms with E-state index >= 15 is 0 Å². The number of anilines is 2. The molecule has 1 aliphatic rings. The molecule has 27 heavy (non-hydrogen) atoms. The van der Waals surface area contributed by atoms with Crippen LogP contribution in [-0.4, -0.2) is 32.0 Å². The zero-order chi connectivity index (χ0) is 19.2. The molecule has 142 valence electrons. The largest absolute Gasteiger partial charge is 0.497 e. The molecule has 2 amide bonds. The Kier molecular flexibility index (Phi) is 5.96. The number of nitrogens with two attached hydrogens (primary N) is 1. The van der Waals surface area contributed by atoms with Gasteiger partial charge in [0.25, 0.3) is 0 Å². The predicted molar refractivity (Wildman–Crippen MR) is 106 cm³/mol. The van der Waals surface area contributed by atoms with Crippen molar-refractivity contribution in [3.8, 4) is 5.75 Å². The Balaban J connectivity index is 1.71. The van der Waals surface area contributed by atoms with Gasteiger partial charge in [0.1, 0.15) is 5.75 Å². The number of methoxy groups -OCH3 is 1. The minimum absolute atomic E-state index is 0.0973. The molecule has 2 aromatic rings. The van der Waals surface area contributed by atoms with Gasteiger partial charge in [-0.05, 0) is 55.2 Å². The minimum Gasteiger partial charge on any atom is -0.497 e. The summed E-state index contributed by atoms with van der Waals surface area (Å²) in [5.41, 5.74) is 8.41. The third-order valence-electron chi connectivity index (χ3n) is 4.78. The topological polar surface area (TPSA) is 84.7 Å². The van der Waals surface area contributed by atoms with E-state index in [1.165, 1.54) is 0 Å². The Bertz CT molecular complexity index is 829. The minimum atomic E-state index is -0.505. The average Bonchev–Trinajstić information content (AvgIpc) is 3.21. The summed E-state index contributed by atoms with van der Waals surface area (Å²) >= 11 is 0. The van der Waals surface area contributed by atoms with Crippen LogP contribution in [-0.2, 0) is 11.2 Å². The Hall–Kier alpha value is -3.02. The molecule has 0 spiro atoms. The highest BCUT2D eigenvalue weighted by Crippen LogP contribution is 2.30. The van der Waals surface area contributed by atoms with E-state index in [-0.39, 0.29) is 5.91 Å². The molecule has 0 bridgehead atoms. The van der Waals surface area contributed by atoms with Gasteiger partial charge in [0.05, 0.1) is 18.5 Å². The summed E-state index contributed by atoms with van der Waals surface area (Å²) in [5.74, 6) is 0.174. The van der Waals surface area contributed by atoms with Gasteiger partial charge in [0.15, 0.2) is 0 Å². The van der Waals surface area contributed by atoms with Gasteiger partial charge in [-0.3, -0.25) is 9.59 Å². The lowest BCUT2D eigenvalue weighted by Gasteiger charge is -2.22. The van der Waals surface area contributed by atoms with Crippen molar-refractivity contribution in [2.45, 2.75) is 25.7 Å². The number of amides is 2. The van der Waals surface area contributed by atoms with E-state index in [1.807, 2.05) is 30.3 Å². The number of carbonyl (C=O) groups excluding carboxylic acids is 2. The molecule has 6 heteroatoms. The molecule has 0 aromatic heterocycles. The van der Waals surface area contributed by atoms with Crippen molar-refractivity contribution in [2.24, 2.45) is 5.73 Å². The summed E-state index contributed by atoms with van der Waals surface area (Å²) in [4.78, 5) is 26.3. The molecule has 1 heterocycles. The summed E-state index contributed by atoms with van der Waals surface area (Å²) in [6.45, 7) is 1.89. The first-order chi connectivity index (χ1) is 13.1. The molecule has 0 radical (unpaired) electrons. The lowest BCUT2D eigenvalue weighted by molar-refractivity contribution is -0.116. The van der Waals surface area contributed by atoms with E-state index in [0.717, 1.165) is 42.9 Å². The van der Waals surface area contributed by atoms with E-state index in [2.05, 4.69) is 10.2 Å². The van der Waals surface area contributed by atoms with Crippen LogP contribution in [0.4, 0.5) is 11.4 Å². The molecule has 3 rings (SSSR count). The molecule has 1 aliphatic heterocycles. The fraction of sp³-hybridized carbons (Fsp3) is 0.333. The lowest BCUT2D eigenvalue weighted by atomic mass is 10.1. The van der Waals surface area contributed by atoms with Crippen molar-refractivity contribution in [1.29, 1.82) is 0 Å². The maximum atomic E-state index is 12.5. The van der Waals surface area contributed by atoms with Crippen LogP contribution < -0.4 is 20.7 Å². The van der Waals surface area contributed by atoms with Crippen LogP contribution in [0.3, 0.4) is 0 Å². The highest BCUT2D eigenvalue weighted by atomic mass is 16.5. The second-order valence-electron chi connectivity index (χ2n) is 6.69. The van der Waals surface area contributed by atoms with E-state index in [1.54, 1.807) is 19.2 Å².